The molecule has 152 valence electrons. The van der Waals surface area contributed by atoms with Crippen LogP contribution >= 0.6 is 0 Å². The average molecular weight is 408 g/mol. The zero-order valence-electron chi connectivity index (χ0n) is 17.0. The predicted molar refractivity (Wildman–Crippen MR) is 122 cm³/mol. The van der Waals surface area contributed by atoms with E-state index in [1.807, 2.05) is 48.5 Å². The number of aromatic nitrogens is 3. The fourth-order valence-corrected chi connectivity index (χ4v) is 3.83. The maximum atomic E-state index is 12.6. The molecule has 3 aromatic carbocycles. The largest absolute Gasteiger partial charge is 0.326 e. The Morgan fingerprint density at radius 1 is 0.871 bits per heavy atom. The monoisotopic (exact) mass is 408 g/mol. The van der Waals surface area contributed by atoms with Crippen molar-refractivity contribution in [3.63, 3.8) is 0 Å². The zero-order valence-corrected chi connectivity index (χ0v) is 17.0. The van der Waals surface area contributed by atoms with Crippen molar-refractivity contribution in [3.05, 3.63) is 78.4 Å². The third kappa shape index (κ3) is 3.53. The minimum absolute atomic E-state index is 0.00197. The summed E-state index contributed by atoms with van der Waals surface area (Å²) < 4.78 is 2.06. The number of ketones is 1. The Bertz CT molecular complexity index is 1450. The number of amides is 1. The van der Waals surface area contributed by atoms with Gasteiger partial charge in [-0.3, -0.25) is 9.59 Å². The molecule has 0 aliphatic heterocycles. The van der Waals surface area contributed by atoms with Crippen LogP contribution in [0.3, 0.4) is 0 Å². The molecule has 0 bridgehead atoms. The first kappa shape index (κ1) is 18.9. The summed E-state index contributed by atoms with van der Waals surface area (Å²) in [4.78, 5) is 33.7. The van der Waals surface area contributed by atoms with Crippen molar-refractivity contribution in [2.24, 2.45) is 0 Å². The van der Waals surface area contributed by atoms with E-state index in [9.17, 15) is 9.59 Å². The summed E-state index contributed by atoms with van der Waals surface area (Å²) in [5, 5.41) is 3.92. The molecule has 5 rings (SSSR count). The van der Waals surface area contributed by atoms with Crippen LogP contribution in [-0.2, 0) is 11.3 Å². The van der Waals surface area contributed by atoms with Gasteiger partial charge in [0, 0.05) is 29.6 Å². The molecule has 6 heteroatoms. The fraction of sp³-hybridized carbons (Fsp3) is 0.120. The molecule has 0 radical (unpaired) electrons. The Labute approximate surface area is 178 Å². The van der Waals surface area contributed by atoms with E-state index in [2.05, 4.69) is 9.88 Å². The van der Waals surface area contributed by atoms with Gasteiger partial charge in [-0.25, -0.2) is 9.97 Å². The van der Waals surface area contributed by atoms with Crippen molar-refractivity contribution >= 4 is 50.5 Å². The van der Waals surface area contributed by atoms with Gasteiger partial charge in [0.05, 0.1) is 16.6 Å². The third-order valence-corrected chi connectivity index (χ3v) is 5.40. The van der Waals surface area contributed by atoms with E-state index >= 15 is 0 Å². The summed E-state index contributed by atoms with van der Waals surface area (Å²) >= 11 is 0. The standard InChI is InChI=1S/C25H20N4O2/c1-16(30)17-10-12-18(13-11-17)26-23(31)14-15-29-22-9-5-2-6-19(22)24-25(29)28-21-8-4-3-7-20(21)27-24/h2-13H,14-15H2,1H3,(H,26,31). The van der Waals surface area contributed by atoms with Crippen LogP contribution in [0.1, 0.15) is 23.7 Å². The molecular weight excluding hydrogens is 388 g/mol. The van der Waals surface area contributed by atoms with E-state index < -0.39 is 0 Å². The van der Waals surface area contributed by atoms with Gasteiger partial charge in [-0.2, -0.15) is 0 Å². The normalized spacial score (nSPS) is 11.3. The smallest absolute Gasteiger partial charge is 0.226 e. The highest BCUT2D eigenvalue weighted by molar-refractivity contribution is 6.06. The van der Waals surface area contributed by atoms with Crippen LogP contribution in [0.25, 0.3) is 33.1 Å². The van der Waals surface area contributed by atoms with Gasteiger partial charge >= 0.3 is 0 Å². The maximum absolute atomic E-state index is 12.6. The molecule has 31 heavy (non-hydrogen) atoms. The summed E-state index contributed by atoms with van der Waals surface area (Å²) in [6.07, 6.45) is 0.288. The molecule has 0 saturated carbocycles. The highest BCUT2D eigenvalue weighted by Crippen LogP contribution is 2.28. The van der Waals surface area contributed by atoms with Gasteiger partial charge in [-0.1, -0.05) is 30.3 Å². The number of nitrogens with one attached hydrogen (secondary N) is 1. The molecule has 0 fully saturated rings. The highest BCUT2D eigenvalue weighted by atomic mass is 16.1. The van der Waals surface area contributed by atoms with Crippen LogP contribution in [0.2, 0.25) is 0 Å². The number of anilines is 1. The molecule has 5 aromatic rings. The fourth-order valence-electron chi connectivity index (χ4n) is 3.83. The summed E-state index contributed by atoms with van der Waals surface area (Å²) in [6.45, 7) is 2.00. The van der Waals surface area contributed by atoms with Gasteiger partial charge in [0.1, 0.15) is 5.52 Å². The minimum Gasteiger partial charge on any atom is -0.326 e. The Kier molecular flexibility index (Phi) is 4.67. The van der Waals surface area contributed by atoms with Crippen molar-refractivity contribution in [1.29, 1.82) is 0 Å². The first-order valence-corrected chi connectivity index (χ1v) is 10.1. The molecule has 0 aliphatic rings. The molecular formula is C25H20N4O2. The van der Waals surface area contributed by atoms with Crippen molar-refractivity contribution in [2.45, 2.75) is 19.9 Å². The van der Waals surface area contributed by atoms with Gasteiger partial charge in [0.15, 0.2) is 11.4 Å². The second kappa shape index (κ2) is 7.65. The van der Waals surface area contributed by atoms with E-state index in [0.717, 1.165) is 33.1 Å². The van der Waals surface area contributed by atoms with Crippen LogP contribution in [-0.4, -0.2) is 26.2 Å². The molecule has 0 spiro atoms. The number of carbonyl (C=O) groups excluding carboxylic acids is 2. The van der Waals surface area contributed by atoms with Crippen molar-refractivity contribution in [1.82, 2.24) is 14.5 Å². The Morgan fingerprint density at radius 3 is 2.29 bits per heavy atom. The lowest BCUT2D eigenvalue weighted by molar-refractivity contribution is -0.116. The average Bonchev–Trinajstić information content (AvgIpc) is 3.09. The predicted octanol–water partition coefficient (Wildman–Crippen LogP) is 4.97. The van der Waals surface area contributed by atoms with Gasteiger partial charge in [-0.15, -0.1) is 0 Å². The molecule has 6 nitrogen and oxygen atoms in total. The lowest BCUT2D eigenvalue weighted by atomic mass is 10.1. The Balaban J connectivity index is 1.44. The quantitative estimate of drug-likeness (QED) is 0.417. The number of para-hydroxylation sites is 3. The van der Waals surface area contributed by atoms with Crippen molar-refractivity contribution in [2.75, 3.05) is 5.32 Å². The number of carbonyl (C=O) groups is 2. The number of Topliss-reactive ketones (excluding diaryl/α,β-unsaturated/α-hetero) is 1. The van der Waals surface area contributed by atoms with Gasteiger partial charge < -0.3 is 9.88 Å². The van der Waals surface area contributed by atoms with E-state index in [1.54, 1.807) is 24.3 Å². The molecule has 1 N–H and O–H groups in total. The zero-order chi connectivity index (χ0) is 21.4. The van der Waals surface area contributed by atoms with E-state index in [0.29, 0.717) is 17.8 Å². The van der Waals surface area contributed by atoms with E-state index in [1.165, 1.54) is 6.92 Å². The van der Waals surface area contributed by atoms with Crippen LogP contribution in [0, 0.1) is 0 Å². The Hall–Kier alpha value is -4.06. The number of aryl methyl sites for hydroxylation is 1. The minimum atomic E-state index is -0.102. The lowest BCUT2D eigenvalue weighted by Crippen LogP contribution is -2.14. The van der Waals surface area contributed by atoms with Crippen LogP contribution in [0.15, 0.2) is 72.8 Å². The van der Waals surface area contributed by atoms with Crippen LogP contribution in [0.5, 0.6) is 0 Å². The molecule has 2 heterocycles. The molecule has 2 aromatic heterocycles. The number of benzene rings is 3. The first-order valence-electron chi connectivity index (χ1n) is 10.1. The third-order valence-electron chi connectivity index (χ3n) is 5.40. The summed E-state index contributed by atoms with van der Waals surface area (Å²) in [6, 6.07) is 22.7. The molecule has 0 aliphatic carbocycles. The lowest BCUT2D eigenvalue weighted by Gasteiger charge is -2.09. The van der Waals surface area contributed by atoms with Gasteiger partial charge in [-0.05, 0) is 49.4 Å². The van der Waals surface area contributed by atoms with Crippen molar-refractivity contribution in [3.8, 4) is 0 Å². The van der Waals surface area contributed by atoms with E-state index in [-0.39, 0.29) is 18.1 Å². The van der Waals surface area contributed by atoms with Crippen LogP contribution in [0.4, 0.5) is 5.69 Å². The second-order valence-corrected chi connectivity index (χ2v) is 7.49. The second-order valence-electron chi connectivity index (χ2n) is 7.49. The Morgan fingerprint density at radius 2 is 1.55 bits per heavy atom. The van der Waals surface area contributed by atoms with Crippen LogP contribution < -0.4 is 5.32 Å². The van der Waals surface area contributed by atoms with Gasteiger partial charge in [0.25, 0.3) is 0 Å². The molecule has 0 atom stereocenters. The van der Waals surface area contributed by atoms with E-state index in [4.69, 9.17) is 9.97 Å². The molecule has 0 unspecified atom stereocenters. The summed E-state index contributed by atoms with van der Waals surface area (Å²) in [7, 11) is 0. The molecule has 1 amide bonds. The summed E-state index contributed by atoms with van der Waals surface area (Å²) in [5.41, 5.74) is 5.59. The summed E-state index contributed by atoms with van der Waals surface area (Å²) in [5.74, 6) is -0.104. The SMILES string of the molecule is CC(=O)c1ccc(NC(=O)CCn2c3ccccc3c3nc4ccccc4nc32)cc1. The van der Waals surface area contributed by atoms with Crippen molar-refractivity contribution < 1.29 is 9.59 Å². The number of nitrogens with zero attached hydrogens (tertiary/aromatic N) is 3. The topological polar surface area (TPSA) is 76.9 Å². The van der Waals surface area contributed by atoms with Gasteiger partial charge in [0.2, 0.25) is 5.91 Å². The first-order chi connectivity index (χ1) is 15.1. The number of fused-ring (bicyclic) bond motifs is 4. The number of rotatable bonds is 5. The maximum Gasteiger partial charge on any atom is 0.226 e. The molecule has 0 saturated heterocycles. The number of hydrogen-bond donors (Lipinski definition) is 1. The number of hydrogen-bond acceptors (Lipinski definition) is 4. The highest BCUT2D eigenvalue weighted by Gasteiger charge is 2.15.